The van der Waals surface area contributed by atoms with E-state index in [9.17, 15) is 24.2 Å². The van der Waals surface area contributed by atoms with Crippen LogP contribution in [0.3, 0.4) is 0 Å². The van der Waals surface area contributed by atoms with Crippen LogP contribution in [0, 0.1) is 5.82 Å². The largest absolute Gasteiger partial charge is 0.492 e. The normalized spacial score (nSPS) is 24.0. The Kier molecular flexibility index (Phi) is 7.49. The van der Waals surface area contributed by atoms with Crippen molar-refractivity contribution in [2.45, 2.75) is 44.1 Å². The molecular formula is C26H32FN3O6. The minimum Gasteiger partial charge on any atom is -0.492 e. The number of carbonyl (C=O) groups excluding carboxylic acids is 2. The highest BCUT2D eigenvalue weighted by Gasteiger charge is 2.44. The number of urea groups is 1. The van der Waals surface area contributed by atoms with Crippen LogP contribution in [0.2, 0.25) is 0 Å². The number of aliphatic hydroxyl groups excluding tert-OH is 1. The summed E-state index contributed by atoms with van der Waals surface area (Å²) in [6, 6.07) is 12.5. The molecule has 194 valence electrons. The number of aliphatic hydroxyl groups is 2. The molecule has 0 saturated carbocycles. The van der Waals surface area contributed by atoms with Crippen LogP contribution in [0.25, 0.3) is 0 Å². The number of imide groups is 1. The van der Waals surface area contributed by atoms with Crippen molar-refractivity contribution in [3.8, 4) is 11.5 Å². The van der Waals surface area contributed by atoms with Crippen molar-refractivity contribution in [1.29, 1.82) is 0 Å². The number of carbonyl (C=O) groups is 2. The summed E-state index contributed by atoms with van der Waals surface area (Å²) in [6.45, 7) is 4.94. The summed E-state index contributed by atoms with van der Waals surface area (Å²) in [4.78, 5) is 27.4. The van der Waals surface area contributed by atoms with Crippen LogP contribution in [0.15, 0.2) is 48.5 Å². The smallest absolute Gasteiger partial charge is 0.325 e. The Morgan fingerprint density at radius 1 is 1.06 bits per heavy atom. The highest BCUT2D eigenvalue weighted by molar-refractivity contribution is 6.06. The second-order valence-electron chi connectivity index (χ2n) is 9.87. The Morgan fingerprint density at radius 2 is 1.69 bits per heavy atom. The van der Waals surface area contributed by atoms with Crippen molar-refractivity contribution in [2.24, 2.45) is 0 Å². The molecule has 36 heavy (non-hydrogen) atoms. The lowest BCUT2D eigenvalue weighted by Gasteiger charge is -2.42. The molecule has 9 nitrogen and oxygen atoms in total. The molecule has 10 heteroatoms. The van der Waals surface area contributed by atoms with Crippen LogP contribution in [0.5, 0.6) is 11.5 Å². The predicted octanol–water partition coefficient (Wildman–Crippen LogP) is 1.91. The van der Waals surface area contributed by atoms with Crippen molar-refractivity contribution in [1.82, 2.24) is 15.1 Å². The van der Waals surface area contributed by atoms with E-state index in [2.05, 4.69) is 5.32 Å². The minimum atomic E-state index is -1.45. The molecule has 2 atom stereocenters. The Morgan fingerprint density at radius 3 is 2.33 bits per heavy atom. The van der Waals surface area contributed by atoms with Gasteiger partial charge in [0.05, 0.1) is 12.6 Å². The van der Waals surface area contributed by atoms with Crippen LogP contribution in [-0.4, -0.2) is 82.0 Å². The first kappa shape index (κ1) is 25.9. The molecule has 0 aromatic heterocycles. The third-order valence-electron chi connectivity index (χ3n) is 6.50. The summed E-state index contributed by atoms with van der Waals surface area (Å²) in [7, 11) is 0. The zero-order chi connectivity index (χ0) is 25.9. The fourth-order valence-corrected chi connectivity index (χ4v) is 4.39. The van der Waals surface area contributed by atoms with Gasteiger partial charge in [-0.15, -0.1) is 0 Å². The van der Waals surface area contributed by atoms with Gasteiger partial charge in [0.2, 0.25) is 0 Å². The van der Waals surface area contributed by atoms with Gasteiger partial charge in [-0.3, -0.25) is 14.6 Å². The number of halogens is 1. The number of nitrogens with one attached hydrogen (secondary N) is 1. The Labute approximate surface area is 209 Å². The summed E-state index contributed by atoms with van der Waals surface area (Å²) in [6.07, 6.45) is -0.538. The number of ether oxygens (including phenoxy) is 2. The number of piperidine rings is 1. The van der Waals surface area contributed by atoms with Gasteiger partial charge in [0.25, 0.3) is 5.91 Å². The summed E-state index contributed by atoms with van der Waals surface area (Å²) in [5, 5.41) is 24.1. The van der Waals surface area contributed by atoms with Gasteiger partial charge < -0.3 is 25.0 Å². The first-order valence-electron chi connectivity index (χ1n) is 11.9. The van der Waals surface area contributed by atoms with Gasteiger partial charge in [0.1, 0.15) is 41.7 Å². The van der Waals surface area contributed by atoms with Crippen LogP contribution < -0.4 is 14.8 Å². The summed E-state index contributed by atoms with van der Waals surface area (Å²) in [5.41, 5.74) is -1.36. The standard InChI is InChI=1S/C26H32FN3O6/c1-25(2)23(32)30(24(33)28-25)13-14-35-20-7-3-18(4-8-20)15-29-12-11-22(31)26(34,16-29)17-36-21-9-5-19(27)6-10-21/h3-10,22,31,34H,11-17H2,1-2H3,(H,28,33)/t22-,26-/m0/s1. The van der Waals surface area contributed by atoms with E-state index in [0.29, 0.717) is 31.0 Å². The van der Waals surface area contributed by atoms with Crippen LogP contribution in [-0.2, 0) is 11.3 Å². The van der Waals surface area contributed by atoms with Gasteiger partial charge in [-0.1, -0.05) is 12.1 Å². The highest BCUT2D eigenvalue weighted by atomic mass is 19.1. The molecule has 0 spiro atoms. The van der Waals surface area contributed by atoms with Gasteiger partial charge >= 0.3 is 6.03 Å². The zero-order valence-electron chi connectivity index (χ0n) is 20.4. The summed E-state index contributed by atoms with van der Waals surface area (Å²) in [5.74, 6) is 0.382. The molecule has 2 heterocycles. The van der Waals surface area contributed by atoms with E-state index in [0.717, 1.165) is 10.5 Å². The van der Waals surface area contributed by atoms with Crippen LogP contribution in [0.1, 0.15) is 25.8 Å². The molecule has 3 N–H and O–H groups in total. The van der Waals surface area contributed by atoms with Crippen molar-refractivity contribution in [3.05, 3.63) is 59.9 Å². The number of β-amino-alcohol motifs (C(OH)–C–C–N with tert-alkyl or cyclic N) is 1. The molecule has 2 fully saturated rings. The SMILES string of the molecule is CC1(C)NC(=O)N(CCOc2ccc(CN3CC[C@H](O)[C@@](O)(COc4ccc(F)cc4)C3)cc2)C1=O. The molecule has 2 saturated heterocycles. The molecule has 4 rings (SSSR count). The lowest BCUT2D eigenvalue weighted by atomic mass is 9.90. The quantitative estimate of drug-likeness (QED) is 0.450. The van der Waals surface area contributed by atoms with E-state index in [-0.39, 0.29) is 38.0 Å². The van der Waals surface area contributed by atoms with E-state index in [4.69, 9.17) is 9.47 Å². The second-order valence-corrected chi connectivity index (χ2v) is 9.87. The third-order valence-corrected chi connectivity index (χ3v) is 6.50. The minimum absolute atomic E-state index is 0.113. The van der Waals surface area contributed by atoms with Gasteiger partial charge in [0.15, 0.2) is 0 Å². The molecule has 3 amide bonds. The van der Waals surface area contributed by atoms with Gasteiger partial charge in [0, 0.05) is 19.6 Å². The van der Waals surface area contributed by atoms with E-state index in [1.807, 2.05) is 29.2 Å². The maximum Gasteiger partial charge on any atom is 0.325 e. The second kappa shape index (κ2) is 10.4. The van der Waals surface area contributed by atoms with Gasteiger partial charge in [-0.2, -0.15) is 0 Å². The average molecular weight is 502 g/mol. The molecule has 0 radical (unpaired) electrons. The Hall–Kier alpha value is -3.21. The molecule has 2 aliphatic rings. The van der Waals surface area contributed by atoms with Crippen molar-refractivity contribution in [3.63, 3.8) is 0 Å². The van der Waals surface area contributed by atoms with E-state index < -0.39 is 23.3 Å². The lowest BCUT2D eigenvalue weighted by molar-refractivity contribution is -0.140. The number of nitrogens with zero attached hydrogens (tertiary/aromatic N) is 2. The maximum atomic E-state index is 13.1. The topological polar surface area (TPSA) is 112 Å². The lowest BCUT2D eigenvalue weighted by Crippen LogP contribution is -2.59. The first-order valence-corrected chi connectivity index (χ1v) is 11.9. The maximum absolute atomic E-state index is 13.1. The molecule has 0 unspecified atom stereocenters. The summed E-state index contributed by atoms with van der Waals surface area (Å²) >= 11 is 0. The molecule has 0 aliphatic carbocycles. The number of likely N-dealkylation sites (tertiary alicyclic amines) is 1. The fourth-order valence-electron chi connectivity index (χ4n) is 4.39. The van der Waals surface area contributed by atoms with Gasteiger partial charge in [-0.25, -0.2) is 9.18 Å². The van der Waals surface area contributed by atoms with Crippen LogP contribution >= 0.6 is 0 Å². The van der Waals surface area contributed by atoms with E-state index >= 15 is 0 Å². The number of hydrogen-bond acceptors (Lipinski definition) is 7. The first-order chi connectivity index (χ1) is 17.1. The number of amides is 3. The molecule has 2 aromatic rings. The Balaban J connectivity index is 1.26. The van der Waals surface area contributed by atoms with E-state index in [1.165, 1.54) is 24.3 Å². The molecule has 0 bridgehead atoms. The highest BCUT2D eigenvalue weighted by Crippen LogP contribution is 2.25. The third kappa shape index (κ3) is 5.95. The van der Waals surface area contributed by atoms with Crippen molar-refractivity contribution >= 4 is 11.9 Å². The predicted molar refractivity (Wildman–Crippen MR) is 129 cm³/mol. The monoisotopic (exact) mass is 501 g/mol. The average Bonchev–Trinajstić information content (AvgIpc) is 3.03. The molecule has 2 aromatic carbocycles. The molecule has 2 aliphatic heterocycles. The number of rotatable bonds is 9. The molecular weight excluding hydrogens is 469 g/mol. The number of benzene rings is 2. The van der Waals surface area contributed by atoms with Crippen LogP contribution in [0.4, 0.5) is 9.18 Å². The Bertz CT molecular complexity index is 1080. The fraction of sp³-hybridized carbons (Fsp3) is 0.462. The summed E-state index contributed by atoms with van der Waals surface area (Å²) < 4.78 is 24.4. The van der Waals surface area contributed by atoms with E-state index in [1.54, 1.807) is 13.8 Å². The van der Waals surface area contributed by atoms with Crippen molar-refractivity contribution in [2.75, 3.05) is 32.8 Å². The zero-order valence-corrected chi connectivity index (χ0v) is 20.4. The van der Waals surface area contributed by atoms with Gasteiger partial charge in [-0.05, 0) is 62.2 Å². The number of hydrogen-bond donors (Lipinski definition) is 3. The van der Waals surface area contributed by atoms with Crippen molar-refractivity contribution < 1.29 is 33.7 Å².